The number of ether oxygens (including phenoxy) is 3. The fraction of sp³-hybridized carbons (Fsp3) is 0.889. The Labute approximate surface area is 82.5 Å². The zero-order valence-corrected chi connectivity index (χ0v) is 8.19. The van der Waals surface area contributed by atoms with E-state index in [2.05, 4.69) is 4.74 Å². The first-order valence-corrected chi connectivity index (χ1v) is 4.78. The molecular formula is C9H15NO4. The summed E-state index contributed by atoms with van der Waals surface area (Å²) in [6.45, 7) is 1.17. The second-order valence-electron chi connectivity index (χ2n) is 3.81. The summed E-state index contributed by atoms with van der Waals surface area (Å²) in [5.41, 5.74) is 5.85. The van der Waals surface area contributed by atoms with Crippen molar-refractivity contribution in [2.24, 2.45) is 11.7 Å². The molecule has 1 aliphatic heterocycles. The minimum absolute atomic E-state index is 0.222. The standard InChI is InChI=1S/C9H15NO4/c1-12-8(11)6-4-9(5-7(6)10)13-2-3-14-9/h6-7H,2-5,10H2,1H3. The van der Waals surface area contributed by atoms with Crippen molar-refractivity contribution in [2.75, 3.05) is 20.3 Å². The molecule has 1 aliphatic carbocycles. The van der Waals surface area contributed by atoms with E-state index in [1.165, 1.54) is 7.11 Å². The van der Waals surface area contributed by atoms with Crippen molar-refractivity contribution >= 4 is 5.97 Å². The van der Waals surface area contributed by atoms with Gasteiger partial charge in [-0.05, 0) is 0 Å². The molecule has 1 spiro atoms. The maximum Gasteiger partial charge on any atom is 0.310 e. The summed E-state index contributed by atoms with van der Waals surface area (Å²) in [4.78, 5) is 11.4. The van der Waals surface area contributed by atoms with E-state index in [0.29, 0.717) is 26.1 Å². The predicted octanol–water partition coefficient (Wildman–Crippen LogP) is -0.360. The number of carbonyl (C=O) groups excluding carboxylic acids is 1. The molecule has 0 aromatic carbocycles. The quantitative estimate of drug-likeness (QED) is 0.587. The smallest absolute Gasteiger partial charge is 0.310 e. The van der Waals surface area contributed by atoms with Gasteiger partial charge in [-0.3, -0.25) is 4.79 Å². The molecule has 0 radical (unpaired) electrons. The lowest BCUT2D eigenvalue weighted by Crippen LogP contribution is -2.31. The second-order valence-corrected chi connectivity index (χ2v) is 3.81. The van der Waals surface area contributed by atoms with Crippen LogP contribution in [0.5, 0.6) is 0 Å². The molecule has 14 heavy (non-hydrogen) atoms. The van der Waals surface area contributed by atoms with Gasteiger partial charge in [-0.15, -0.1) is 0 Å². The molecule has 5 heteroatoms. The number of esters is 1. The first-order valence-electron chi connectivity index (χ1n) is 4.78. The van der Waals surface area contributed by atoms with Crippen molar-refractivity contribution in [2.45, 2.75) is 24.7 Å². The van der Waals surface area contributed by atoms with Crippen LogP contribution in [-0.2, 0) is 19.0 Å². The van der Waals surface area contributed by atoms with E-state index in [-0.39, 0.29) is 17.9 Å². The van der Waals surface area contributed by atoms with Crippen LogP contribution in [0.15, 0.2) is 0 Å². The van der Waals surface area contributed by atoms with E-state index in [1.54, 1.807) is 0 Å². The zero-order valence-electron chi connectivity index (χ0n) is 8.19. The van der Waals surface area contributed by atoms with E-state index in [0.717, 1.165) is 0 Å². The average molecular weight is 201 g/mol. The molecule has 0 amide bonds. The Morgan fingerprint density at radius 3 is 2.64 bits per heavy atom. The lowest BCUT2D eigenvalue weighted by atomic mass is 10.1. The lowest BCUT2D eigenvalue weighted by molar-refractivity contribution is -0.161. The molecule has 1 heterocycles. The van der Waals surface area contributed by atoms with Crippen LogP contribution in [0.3, 0.4) is 0 Å². The number of rotatable bonds is 1. The van der Waals surface area contributed by atoms with Crippen LogP contribution in [-0.4, -0.2) is 38.1 Å². The van der Waals surface area contributed by atoms with Gasteiger partial charge in [0.25, 0.3) is 0 Å². The summed E-state index contributed by atoms with van der Waals surface area (Å²) in [5, 5.41) is 0. The Morgan fingerprint density at radius 2 is 2.07 bits per heavy atom. The summed E-state index contributed by atoms with van der Waals surface area (Å²) < 4.78 is 15.7. The molecular weight excluding hydrogens is 186 g/mol. The molecule has 2 N–H and O–H groups in total. The molecule has 1 saturated carbocycles. The molecule has 1 saturated heterocycles. The monoisotopic (exact) mass is 201 g/mol. The van der Waals surface area contributed by atoms with Crippen LogP contribution in [0.2, 0.25) is 0 Å². The Bertz CT molecular complexity index is 237. The van der Waals surface area contributed by atoms with E-state index in [9.17, 15) is 4.79 Å². The minimum Gasteiger partial charge on any atom is -0.469 e. The Morgan fingerprint density at radius 1 is 1.43 bits per heavy atom. The molecule has 2 atom stereocenters. The van der Waals surface area contributed by atoms with Gasteiger partial charge in [0, 0.05) is 18.9 Å². The first kappa shape index (κ1) is 9.89. The van der Waals surface area contributed by atoms with Crippen LogP contribution in [0, 0.1) is 5.92 Å². The highest BCUT2D eigenvalue weighted by atomic mass is 16.7. The third kappa shape index (κ3) is 1.51. The maximum absolute atomic E-state index is 11.4. The highest BCUT2D eigenvalue weighted by Crippen LogP contribution is 2.40. The highest BCUT2D eigenvalue weighted by Gasteiger charge is 2.51. The van der Waals surface area contributed by atoms with Crippen molar-refractivity contribution < 1.29 is 19.0 Å². The molecule has 0 bridgehead atoms. The van der Waals surface area contributed by atoms with Gasteiger partial charge in [0.05, 0.1) is 26.2 Å². The molecule has 0 aromatic rings. The van der Waals surface area contributed by atoms with Gasteiger partial charge < -0.3 is 19.9 Å². The SMILES string of the molecule is COC(=O)C1CC2(CC1N)OCCO2. The number of nitrogens with two attached hydrogens (primary N) is 1. The molecule has 80 valence electrons. The molecule has 2 rings (SSSR count). The van der Waals surface area contributed by atoms with Gasteiger partial charge in [-0.1, -0.05) is 0 Å². The summed E-state index contributed by atoms with van der Waals surface area (Å²) in [7, 11) is 1.37. The first-order chi connectivity index (χ1) is 6.67. The van der Waals surface area contributed by atoms with Gasteiger partial charge in [-0.2, -0.15) is 0 Å². The largest absolute Gasteiger partial charge is 0.469 e. The van der Waals surface area contributed by atoms with Gasteiger partial charge in [0.15, 0.2) is 5.79 Å². The molecule has 2 aliphatic rings. The number of methoxy groups -OCH3 is 1. The zero-order chi connectivity index (χ0) is 10.2. The molecule has 0 aromatic heterocycles. The summed E-state index contributed by atoms with van der Waals surface area (Å²) in [6.07, 6.45) is 1.09. The topological polar surface area (TPSA) is 70.8 Å². The summed E-state index contributed by atoms with van der Waals surface area (Å²) in [6, 6.07) is -0.222. The number of hydrogen-bond acceptors (Lipinski definition) is 5. The highest BCUT2D eigenvalue weighted by molar-refractivity contribution is 5.73. The van der Waals surface area contributed by atoms with E-state index >= 15 is 0 Å². The van der Waals surface area contributed by atoms with Crippen LogP contribution in [0.1, 0.15) is 12.8 Å². The van der Waals surface area contributed by atoms with Crippen LogP contribution in [0.25, 0.3) is 0 Å². The number of hydrogen-bond donors (Lipinski definition) is 1. The average Bonchev–Trinajstić information content (AvgIpc) is 2.74. The Balaban J connectivity index is 2.06. The van der Waals surface area contributed by atoms with Gasteiger partial charge in [-0.25, -0.2) is 0 Å². The fourth-order valence-electron chi connectivity index (χ4n) is 2.21. The predicted molar refractivity (Wildman–Crippen MR) is 47.4 cm³/mol. The Kier molecular flexibility index (Phi) is 2.47. The normalized spacial score (nSPS) is 35.0. The van der Waals surface area contributed by atoms with E-state index in [1.807, 2.05) is 0 Å². The minimum atomic E-state index is -0.613. The number of carbonyl (C=O) groups is 1. The van der Waals surface area contributed by atoms with Gasteiger partial charge in [0.1, 0.15) is 0 Å². The molecule has 2 unspecified atom stereocenters. The van der Waals surface area contributed by atoms with E-state index in [4.69, 9.17) is 15.2 Å². The molecule has 2 fully saturated rings. The van der Waals surface area contributed by atoms with Crippen LogP contribution in [0.4, 0.5) is 0 Å². The van der Waals surface area contributed by atoms with Crippen molar-refractivity contribution in [3.8, 4) is 0 Å². The van der Waals surface area contributed by atoms with Crippen molar-refractivity contribution in [3.63, 3.8) is 0 Å². The van der Waals surface area contributed by atoms with Gasteiger partial charge in [0.2, 0.25) is 0 Å². The Hall–Kier alpha value is -0.650. The summed E-state index contributed by atoms with van der Waals surface area (Å²) in [5.74, 6) is -1.18. The maximum atomic E-state index is 11.4. The lowest BCUT2D eigenvalue weighted by Gasteiger charge is -2.20. The van der Waals surface area contributed by atoms with Crippen molar-refractivity contribution in [3.05, 3.63) is 0 Å². The third-order valence-electron chi connectivity index (χ3n) is 2.91. The fourth-order valence-corrected chi connectivity index (χ4v) is 2.21. The third-order valence-corrected chi connectivity index (χ3v) is 2.91. The van der Waals surface area contributed by atoms with Crippen molar-refractivity contribution in [1.82, 2.24) is 0 Å². The molecule has 5 nitrogen and oxygen atoms in total. The van der Waals surface area contributed by atoms with Crippen LogP contribution >= 0.6 is 0 Å². The van der Waals surface area contributed by atoms with Gasteiger partial charge >= 0.3 is 5.97 Å². The second kappa shape index (κ2) is 3.49. The summed E-state index contributed by atoms with van der Waals surface area (Å²) >= 11 is 0. The van der Waals surface area contributed by atoms with Crippen LogP contribution < -0.4 is 5.73 Å². The van der Waals surface area contributed by atoms with Crippen molar-refractivity contribution in [1.29, 1.82) is 0 Å². The van der Waals surface area contributed by atoms with E-state index < -0.39 is 5.79 Å².